The Hall–Kier alpha value is -3.14. The average molecular weight is 404 g/mol. The lowest BCUT2D eigenvalue weighted by Gasteiger charge is -2.06. The summed E-state index contributed by atoms with van der Waals surface area (Å²) in [7, 11) is 1.26. The zero-order valence-corrected chi connectivity index (χ0v) is 15.5. The van der Waals surface area contributed by atoms with Gasteiger partial charge in [-0.05, 0) is 31.4 Å². The summed E-state index contributed by atoms with van der Waals surface area (Å²) in [6.45, 7) is 0. The van der Waals surface area contributed by atoms with E-state index in [1.165, 1.54) is 24.1 Å². The van der Waals surface area contributed by atoms with Crippen molar-refractivity contribution in [3.63, 3.8) is 0 Å². The lowest BCUT2D eigenvalue weighted by atomic mass is 10.2. The quantitative estimate of drug-likeness (QED) is 0.675. The van der Waals surface area contributed by atoms with Crippen LogP contribution in [0.2, 0.25) is 0 Å². The number of thiazole rings is 1. The molecule has 1 aliphatic carbocycles. The van der Waals surface area contributed by atoms with Gasteiger partial charge in [-0.25, -0.2) is 23.2 Å². The molecule has 0 radical (unpaired) electrons. The van der Waals surface area contributed by atoms with Crippen molar-refractivity contribution in [3.8, 4) is 5.69 Å². The molecular formula is C18H14F2N4O3S. The summed E-state index contributed by atoms with van der Waals surface area (Å²) in [4.78, 5) is 28.5. The first-order valence-electron chi connectivity index (χ1n) is 8.39. The third-order valence-electron chi connectivity index (χ3n) is 4.41. The van der Waals surface area contributed by atoms with Crippen molar-refractivity contribution >= 4 is 28.3 Å². The molecule has 0 saturated heterocycles. The number of rotatable bonds is 4. The van der Waals surface area contributed by atoms with E-state index in [9.17, 15) is 18.4 Å². The molecule has 10 heteroatoms. The van der Waals surface area contributed by atoms with E-state index in [1.807, 2.05) is 0 Å². The molecule has 1 amide bonds. The van der Waals surface area contributed by atoms with Crippen molar-refractivity contribution in [2.75, 3.05) is 12.4 Å². The Balaban J connectivity index is 1.65. The number of ether oxygens (including phenoxy) is 1. The Kier molecular flexibility index (Phi) is 4.63. The molecule has 28 heavy (non-hydrogen) atoms. The first-order valence-corrected chi connectivity index (χ1v) is 9.21. The normalized spacial score (nSPS) is 12.7. The lowest BCUT2D eigenvalue weighted by Crippen LogP contribution is -2.14. The van der Waals surface area contributed by atoms with E-state index in [4.69, 9.17) is 0 Å². The monoisotopic (exact) mass is 404 g/mol. The van der Waals surface area contributed by atoms with Crippen LogP contribution in [0.5, 0.6) is 0 Å². The number of carbonyl (C=O) groups excluding carboxylic acids is 2. The molecule has 1 aliphatic rings. The van der Waals surface area contributed by atoms with E-state index in [0.29, 0.717) is 18.5 Å². The second kappa shape index (κ2) is 7.12. The number of methoxy groups -OCH3 is 1. The summed E-state index contributed by atoms with van der Waals surface area (Å²) in [5, 5.41) is 7.19. The summed E-state index contributed by atoms with van der Waals surface area (Å²) < 4.78 is 33.0. The molecule has 0 aliphatic heterocycles. The molecule has 1 aromatic carbocycles. The molecule has 2 heterocycles. The van der Waals surface area contributed by atoms with Crippen LogP contribution < -0.4 is 5.32 Å². The number of hydrogen-bond acceptors (Lipinski definition) is 6. The Morgan fingerprint density at radius 2 is 2.07 bits per heavy atom. The minimum absolute atomic E-state index is 0.201. The largest absolute Gasteiger partial charge is 0.465 e. The minimum Gasteiger partial charge on any atom is -0.465 e. The third kappa shape index (κ3) is 3.15. The van der Waals surface area contributed by atoms with E-state index in [1.54, 1.807) is 0 Å². The van der Waals surface area contributed by atoms with Crippen molar-refractivity contribution < 1.29 is 23.1 Å². The fraction of sp³-hybridized carbons (Fsp3) is 0.222. The van der Waals surface area contributed by atoms with Crippen LogP contribution >= 0.6 is 11.3 Å². The molecular weight excluding hydrogens is 390 g/mol. The molecule has 3 aromatic rings. The maximum Gasteiger partial charge on any atom is 0.349 e. The van der Waals surface area contributed by atoms with Gasteiger partial charge in [0.1, 0.15) is 4.88 Å². The second-order valence-corrected chi connectivity index (χ2v) is 7.14. The summed E-state index contributed by atoms with van der Waals surface area (Å²) in [6.07, 6.45) is 3.49. The highest BCUT2D eigenvalue weighted by atomic mass is 32.1. The summed E-state index contributed by atoms with van der Waals surface area (Å²) in [5.41, 5.74) is 2.11. The molecule has 1 N–H and O–H groups in total. The number of nitrogens with zero attached hydrogens (tertiary/aromatic N) is 3. The zero-order valence-electron chi connectivity index (χ0n) is 14.7. The van der Waals surface area contributed by atoms with Gasteiger partial charge in [0.2, 0.25) is 0 Å². The number of esters is 1. The van der Waals surface area contributed by atoms with Crippen LogP contribution in [0.1, 0.15) is 37.8 Å². The van der Waals surface area contributed by atoms with Crippen LogP contribution in [-0.4, -0.2) is 33.8 Å². The summed E-state index contributed by atoms with van der Waals surface area (Å²) in [6, 6.07) is 3.48. The van der Waals surface area contributed by atoms with Crippen LogP contribution in [0.4, 0.5) is 13.9 Å². The van der Waals surface area contributed by atoms with Gasteiger partial charge < -0.3 is 4.74 Å². The van der Waals surface area contributed by atoms with E-state index in [2.05, 4.69) is 20.1 Å². The SMILES string of the molecule is COC(=O)c1cnc(NC(=O)c2nn(-c3ccc(F)c(F)c3)c3c2CCC3)s1. The number of carbonyl (C=O) groups is 2. The Morgan fingerprint density at radius 3 is 2.82 bits per heavy atom. The van der Waals surface area contributed by atoms with E-state index >= 15 is 0 Å². The maximum absolute atomic E-state index is 13.6. The molecule has 144 valence electrons. The number of hydrogen-bond donors (Lipinski definition) is 1. The Labute approximate surface area is 162 Å². The van der Waals surface area contributed by atoms with Crippen molar-refractivity contribution in [1.29, 1.82) is 0 Å². The van der Waals surface area contributed by atoms with Gasteiger partial charge in [0.25, 0.3) is 5.91 Å². The van der Waals surface area contributed by atoms with Gasteiger partial charge in [-0.3, -0.25) is 10.1 Å². The van der Waals surface area contributed by atoms with Crippen molar-refractivity contribution in [2.24, 2.45) is 0 Å². The number of fused-ring (bicyclic) bond motifs is 1. The number of nitrogens with one attached hydrogen (secondary N) is 1. The standard InChI is InChI=1S/C18H14F2N4O3S/c1-27-17(26)14-8-21-18(28-14)22-16(25)15-10-3-2-4-13(10)24(23-15)9-5-6-11(19)12(20)7-9/h5-8H,2-4H2,1H3,(H,21,22,25). The van der Waals surface area contributed by atoms with Crippen LogP contribution in [0, 0.1) is 11.6 Å². The molecule has 0 bridgehead atoms. The first-order chi connectivity index (χ1) is 13.5. The number of halogens is 2. The summed E-state index contributed by atoms with van der Waals surface area (Å²) >= 11 is 0.985. The molecule has 0 spiro atoms. The molecule has 0 unspecified atom stereocenters. The molecule has 0 fully saturated rings. The van der Waals surface area contributed by atoms with Crippen molar-refractivity contribution in [3.05, 3.63) is 57.9 Å². The topological polar surface area (TPSA) is 86.1 Å². The molecule has 4 rings (SSSR count). The average Bonchev–Trinajstić information content (AvgIpc) is 3.39. The third-order valence-corrected chi connectivity index (χ3v) is 5.30. The van der Waals surface area contributed by atoms with Gasteiger partial charge in [0.05, 0.1) is 19.0 Å². The second-order valence-electron chi connectivity index (χ2n) is 6.11. The molecule has 7 nitrogen and oxygen atoms in total. The first kappa shape index (κ1) is 18.2. The fourth-order valence-corrected chi connectivity index (χ4v) is 3.86. The zero-order chi connectivity index (χ0) is 19.8. The van der Waals surface area contributed by atoms with E-state index in [0.717, 1.165) is 41.1 Å². The predicted octanol–water partition coefficient (Wildman–Crippen LogP) is 3.13. The van der Waals surface area contributed by atoms with Gasteiger partial charge in [-0.2, -0.15) is 5.10 Å². The van der Waals surface area contributed by atoms with Gasteiger partial charge >= 0.3 is 5.97 Å². The van der Waals surface area contributed by atoms with Crippen LogP contribution in [0.3, 0.4) is 0 Å². The van der Waals surface area contributed by atoms with Gasteiger partial charge in [-0.15, -0.1) is 0 Å². The van der Waals surface area contributed by atoms with Gasteiger partial charge in [0, 0.05) is 17.3 Å². The van der Waals surface area contributed by atoms with Crippen molar-refractivity contribution in [1.82, 2.24) is 14.8 Å². The number of aromatic nitrogens is 3. The van der Waals surface area contributed by atoms with Crippen LogP contribution in [-0.2, 0) is 17.6 Å². The predicted molar refractivity (Wildman–Crippen MR) is 96.9 cm³/mol. The summed E-state index contributed by atoms with van der Waals surface area (Å²) in [5.74, 6) is -2.95. The van der Waals surface area contributed by atoms with Gasteiger partial charge in [0.15, 0.2) is 22.5 Å². The van der Waals surface area contributed by atoms with Gasteiger partial charge in [-0.1, -0.05) is 11.3 Å². The highest BCUT2D eigenvalue weighted by Crippen LogP contribution is 2.29. The highest BCUT2D eigenvalue weighted by Gasteiger charge is 2.28. The Bertz CT molecular complexity index is 1090. The molecule has 2 aromatic heterocycles. The van der Waals surface area contributed by atoms with Crippen LogP contribution in [0.15, 0.2) is 24.4 Å². The molecule has 0 atom stereocenters. The molecule has 0 saturated carbocycles. The number of amides is 1. The van der Waals surface area contributed by atoms with E-state index < -0.39 is 23.5 Å². The van der Waals surface area contributed by atoms with Crippen LogP contribution in [0.25, 0.3) is 5.69 Å². The smallest absolute Gasteiger partial charge is 0.349 e. The number of benzene rings is 1. The van der Waals surface area contributed by atoms with E-state index in [-0.39, 0.29) is 15.7 Å². The Morgan fingerprint density at radius 1 is 1.25 bits per heavy atom. The lowest BCUT2D eigenvalue weighted by molar-refractivity contribution is 0.0606. The van der Waals surface area contributed by atoms with Crippen molar-refractivity contribution in [2.45, 2.75) is 19.3 Å². The fourth-order valence-electron chi connectivity index (χ4n) is 3.13. The number of anilines is 1. The highest BCUT2D eigenvalue weighted by molar-refractivity contribution is 7.17. The minimum atomic E-state index is -0.983. The maximum atomic E-state index is 13.6.